The Hall–Kier alpha value is -2.13. The number of nitrogens with zero attached hydrogens (tertiary/aromatic N) is 1. The summed E-state index contributed by atoms with van der Waals surface area (Å²) in [6, 6.07) is 21.1. The molecule has 0 spiro atoms. The predicted molar refractivity (Wildman–Crippen MR) is 114 cm³/mol. The monoisotopic (exact) mass is 379 g/mol. The van der Waals surface area contributed by atoms with Crippen LogP contribution in [0.3, 0.4) is 0 Å². The van der Waals surface area contributed by atoms with Gasteiger partial charge in [-0.25, -0.2) is 0 Å². The quantitative estimate of drug-likeness (QED) is 0.654. The molecule has 0 saturated carbocycles. The average Bonchev–Trinajstić information content (AvgIpc) is 2.89. The van der Waals surface area contributed by atoms with Crippen molar-refractivity contribution in [2.24, 2.45) is 11.3 Å². The Bertz CT molecular complexity index is 766. The summed E-state index contributed by atoms with van der Waals surface area (Å²) in [6.45, 7) is 11.0. The van der Waals surface area contributed by atoms with Gasteiger partial charge in [0, 0.05) is 25.0 Å². The van der Waals surface area contributed by atoms with Crippen LogP contribution in [0.4, 0.5) is 0 Å². The number of esters is 1. The van der Waals surface area contributed by atoms with E-state index in [1.165, 1.54) is 11.1 Å². The molecule has 3 rings (SSSR count). The SMILES string of the molecule is CC1CN(Cc2ccccc2)CC1(CC(=O)OC(C)(C)C)Cc1ccccc1. The van der Waals surface area contributed by atoms with Gasteiger partial charge in [-0.3, -0.25) is 9.69 Å². The summed E-state index contributed by atoms with van der Waals surface area (Å²) in [6.07, 6.45) is 1.37. The van der Waals surface area contributed by atoms with Gasteiger partial charge < -0.3 is 4.74 Å². The minimum absolute atomic E-state index is 0.0863. The Morgan fingerprint density at radius 1 is 1.04 bits per heavy atom. The summed E-state index contributed by atoms with van der Waals surface area (Å²) in [7, 11) is 0. The van der Waals surface area contributed by atoms with E-state index in [-0.39, 0.29) is 11.4 Å². The van der Waals surface area contributed by atoms with Crippen molar-refractivity contribution in [3.05, 3.63) is 71.8 Å². The maximum absolute atomic E-state index is 12.8. The zero-order valence-electron chi connectivity index (χ0n) is 17.7. The topological polar surface area (TPSA) is 29.5 Å². The molecule has 0 amide bonds. The number of hydrogen-bond acceptors (Lipinski definition) is 3. The van der Waals surface area contributed by atoms with Crippen LogP contribution in [0, 0.1) is 11.3 Å². The van der Waals surface area contributed by atoms with E-state index in [9.17, 15) is 4.79 Å². The summed E-state index contributed by atoms with van der Waals surface area (Å²) in [5.74, 6) is 0.334. The molecular formula is C25H33NO2. The van der Waals surface area contributed by atoms with Crippen molar-refractivity contribution in [1.29, 1.82) is 0 Å². The summed E-state index contributed by atoms with van der Waals surface area (Å²) in [4.78, 5) is 15.3. The largest absolute Gasteiger partial charge is 0.460 e. The first-order chi connectivity index (χ1) is 13.3. The second kappa shape index (κ2) is 8.48. The van der Waals surface area contributed by atoms with E-state index in [4.69, 9.17) is 4.74 Å². The van der Waals surface area contributed by atoms with E-state index in [2.05, 4.69) is 66.4 Å². The highest BCUT2D eigenvalue weighted by atomic mass is 16.6. The van der Waals surface area contributed by atoms with Crippen molar-refractivity contribution in [3.8, 4) is 0 Å². The summed E-state index contributed by atoms with van der Waals surface area (Å²) >= 11 is 0. The lowest BCUT2D eigenvalue weighted by atomic mass is 9.72. The fourth-order valence-electron chi connectivity index (χ4n) is 4.40. The lowest BCUT2D eigenvalue weighted by Gasteiger charge is -2.34. The molecule has 2 aromatic rings. The van der Waals surface area contributed by atoms with Crippen LogP contribution in [0.5, 0.6) is 0 Å². The highest BCUT2D eigenvalue weighted by molar-refractivity contribution is 5.71. The van der Waals surface area contributed by atoms with Gasteiger partial charge >= 0.3 is 5.97 Å². The molecule has 1 saturated heterocycles. The van der Waals surface area contributed by atoms with Crippen molar-refractivity contribution >= 4 is 5.97 Å². The van der Waals surface area contributed by atoms with E-state index in [1.54, 1.807) is 0 Å². The van der Waals surface area contributed by atoms with Gasteiger partial charge in [0.05, 0.1) is 6.42 Å². The van der Waals surface area contributed by atoms with E-state index in [0.29, 0.717) is 12.3 Å². The van der Waals surface area contributed by atoms with Crippen LogP contribution in [-0.2, 0) is 22.5 Å². The van der Waals surface area contributed by atoms with Crippen molar-refractivity contribution in [2.45, 2.75) is 52.7 Å². The second-order valence-corrected chi connectivity index (χ2v) is 9.34. The minimum atomic E-state index is -0.448. The highest BCUT2D eigenvalue weighted by Crippen LogP contribution is 2.43. The first-order valence-corrected chi connectivity index (χ1v) is 10.3. The smallest absolute Gasteiger partial charge is 0.306 e. The number of carbonyl (C=O) groups excluding carboxylic acids is 1. The standard InChI is InChI=1S/C25H33NO2/c1-20-17-26(18-22-13-9-6-10-14-22)19-25(20,15-21-11-7-5-8-12-21)16-23(27)28-24(2,3)4/h5-14,20H,15-19H2,1-4H3. The number of hydrogen-bond donors (Lipinski definition) is 0. The molecule has 1 aliphatic rings. The number of carbonyl (C=O) groups is 1. The summed E-state index contributed by atoms with van der Waals surface area (Å²) in [5, 5.41) is 0. The van der Waals surface area contributed by atoms with Crippen LogP contribution in [0.25, 0.3) is 0 Å². The molecular weight excluding hydrogens is 346 g/mol. The van der Waals surface area contributed by atoms with Crippen LogP contribution < -0.4 is 0 Å². The van der Waals surface area contributed by atoms with Crippen molar-refractivity contribution in [2.75, 3.05) is 13.1 Å². The molecule has 2 aromatic carbocycles. The molecule has 0 aromatic heterocycles. The van der Waals surface area contributed by atoms with Gasteiger partial charge in [-0.15, -0.1) is 0 Å². The van der Waals surface area contributed by atoms with Gasteiger partial charge in [0.2, 0.25) is 0 Å². The number of rotatable bonds is 6. The van der Waals surface area contributed by atoms with E-state index in [0.717, 1.165) is 26.1 Å². The maximum atomic E-state index is 12.8. The molecule has 0 radical (unpaired) electrons. The van der Waals surface area contributed by atoms with Gasteiger partial charge in [0.15, 0.2) is 0 Å². The molecule has 1 heterocycles. The molecule has 0 aliphatic carbocycles. The fourth-order valence-corrected chi connectivity index (χ4v) is 4.40. The molecule has 1 fully saturated rings. The van der Waals surface area contributed by atoms with Crippen LogP contribution in [0.2, 0.25) is 0 Å². The second-order valence-electron chi connectivity index (χ2n) is 9.34. The first-order valence-electron chi connectivity index (χ1n) is 10.3. The molecule has 2 atom stereocenters. The normalized spacial score (nSPS) is 22.9. The third-order valence-corrected chi connectivity index (χ3v) is 5.68. The number of ether oxygens (including phenoxy) is 1. The summed E-state index contributed by atoms with van der Waals surface area (Å²) < 4.78 is 5.71. The van der Waals surface area contributed by atoms with Crippen molar-refractivity contribution in [3.63, 3.8) is 0 Å². The molecule has 150 valence electrons. The molecule has 3 heteroatoms. The lowest BCUT2D eigenvalue weighted by Crippen LogP contribution is -2.37. The van der Waals surface area contributed by atoms with E-state index < -0.39 is 5.60 Å². The highest BCUT2D eigenvalue weighted by Gasteiger charge is 2.46. The third-order valence-electron chi connectivity index (χ3n) is 5.68. The van der Waals surface area contributed by atoms with Gasteiger partial charge in [-0.2, -0.15) is 0 Å². The van der Waals surface area contributed by atoms with Gasteiger partial charge in [-0.1, -0.05) is 67.6 Å². The van der Waals surface area contributed by atoms with Crippen molar-refractivity contribution < 1.29 is 9.53 Å². The Labute approximate surface area is 169 Å². The Kier molecular flexibility index (Phi) is 6.24. The van der Waals surface area contributed by atoms with Crippen LogP contribution >= 0.6 is 0 Å². The summed E-state index contributed by atoms with van der Waals surface area (Å²) in [5.41, 5.74) is 2.07. The van der Waals surface area contributed by atoms with Crippen LogP contribution in [0.1, 0.15) is 45.2 Å². The molecule has 1 aliphatic heterocycles. The predicted octanol–water partition coefficient (Wildman–Crippen LogP) is 5.10. The van der Waals surface area contributed by atoms with E-state index in [1.807, 2.05) is 26.8 Å². The minimum Gasteiger partial charge on any atom is -0.460 e. The maximum Gasteiger partial charge on any atom is 0.306 e. The van der Waals surface area contributed by atoms with Gasteiger partial charge in [0.1, 0.15) is 5.60 Å². The van der Waals surface area contributed by atoms with E-state index >= 15 is 0 Å². The average molecular weight is 380 g/mol. The van der Waals surface area contributed by atoms with Crippen LogP contribution in [-0.4, -0.2) is 29.6 Å². The zero-order valence-corrected chi connectivity index (χ0v) is 17.7. The molecule has 3 nitrogen and oxygen atoms in total. The van der Waals surface area contributed by atoms with Gasteiger partial charge in [0.25, 0.3) is 0 Å². The number of likely N-dealkylation sites (tertiary alicyclic amines) is 1. The zero-order chi connectivity index (χ0) is 20.2. The number of benzene rings is 2. The molecule has 2 unspecified atom stereocenters. The molecule has 0 bridgehead atoms. The van der Waals surface area contributed by atoms with Crippen LogP contribution in [0.15, 0.2) is 60.7 Å². The Balaban J connectivity index is 1.80. The fraction of sp³-hybridized carbons (Fsp3) is 0.480. The van der Waals surface area contributed by atoms with Crippen molar-refractivity contribution in [1.82, 2.24) is 4.90 Å². The molecule has 28 heavy (non-hydrogen) atoms. The first kappa shape index (κ1) is 20.6. The van der Waals surface area contributed by atoms with Gasteiger partial charge in [-0.05, 0) is 44.2 Å². The Morgan fingerprint density at radius 2 is 1.61 bits per heavy atom. The Morgan fingerprint density at radius 3 is 2.18 bits per heavy atom. The third kappa shape index (κ3) is 5.45. The molecule has 0 N–H and O–H groups in total. The lowest BCUT2D eigenvalue weighted by molar-refractivity contribution is -0.158.